The van der Waals surface area contributed by atoms with Crippen molar-refractivity contribution in [3.8, 4) is 0 Å². The Hall–Kier alpha value is -0.813. The zero-order chi connectivity index (χ0) is 15.7. The average Bonchev–Trinajstić information content (AvgIpc) is 2.40. The lowest BCUT2D eigenvalue weighted by atomic mass is 9.84. The molecule has 3 nitrogen and oxygen atoms in total. The van der Waals surface area contributed by atoms with Gasteiger partial charge in [0, 0.05) is 24.5 Å². The van der Waals surface area contributed by atoms with Crippen molar-refractivity contribution in [3.63, 3.8) is 0 Å². The molecular weight excluding hydrogens is 283 g/mol. The number of aromatic nitrogens is 2. The molecule has 118 valence electrons. The summed E-state index contributed by atoms with van der Waals surface area (Å²) in [5.41, 5.74) is 0.908. The fraction of sp³-hybridized carbons (Fsp3) is 0.750. The van der Waals surface area contributed by atoms with Crippen molar-refractivity contribution in [2.75, 3.05) is 0 Å². The summed E-state index contributed by atoms with van der Waals surface area (Å²) in [5, 5.41) is 0.120. The Balaban J connectivity index is 1.99. The van der Waals surface area contributed by atoms with Crippen molar-refractivity contribution in [2.45, 2.75) is 76.4 Å². The van der Waals surface area contributed by atoms with E-state index in [1.54, 1.807) is 18.6 Å². The molecule has 0 saturated heterocycles. The molecule has 5 heteroatoms. The summed E-state index contributed by atoms with van der Waals surface area (Å²) in [4.78, 5) is 8.40. The van der Waals surface area contributed by atoms with Crippen LogP contribution in [0.1, 0.15) is 51.6 Å². The molecule has 1 aromatic heterocycles. The molecule has 0 radical (unpaired) electrons. The molecule has 2 rings (SSSR count). The maximum Gasteiger partial charge on any atom is 0.192 e. The SMILES string of the molecule is CC(C)(C)[Si](C)(C)O[C@H]1CC[C@H](c2cnccn2)C[C@@H]1F. The lowest BCUT2D eigenvalue weighted by molar-refractivity contribution is 0.0448. The standard InChI is InChI=1S/C16H27FN2OSi/c1-16(2,3)21(4,5)20-15-7-6-12(10-13(15)17)14-11-18-8-9-19-14/h8-9,11-13,15H,6-7,10H2,1-5H3/t12-,13-,15-/m0/s1. The van der Waals surface area contributed by atoms with Crippen molar-refractivity contribution < 1.29 is 8.82 Å². The highest BCUT2D eigenvalue weighted by Gasteiger charge is 2.42. The molecule has 0 aromatic carbocycles. The third-order valence-corrected chi connectivity index (χ3v) is 9.47. The molecule has 0 aliphatic heterocycles. The van der Waals surface area contributed by atoms with Gasteiger partial charge < -0.3 is 4.43 Å². The van der Waals surface area contributed by atoms with Gasteiger partial charge in [-0.1, -0.05) is 20.8 Å². The quantitative estimate of drug-likeness (QED) is 0.772. The fourth-order valence-electron chi connectivity index (χ4n) is 2.57. The lowest BCUT2D eigenvalue weighted by Crippen LogP contribution is -2.47. The number of hydrogen-bond acceptors (Lipinski definition) is 3. The molecule has 1 saturated carbocycles. The Morgan fingerprint density at radius 2 is 1.95 bits per heavy atom. The van der Waals surface area contributed by atoms with Gasteiger partial charge in [0.2, 0.25) is 0 Å². The van der Waals surface area contributed by atoms with Crippen LogP contribution in [0.3, 0.4) is 0 Å². The number of nitrogens with zero attached hydrogens (tertiary/aromatic N) is 2. The summed E-state index contributed by atoms with van der Waals surface area (Å²) in [6.07, 6.45) is 6.14. The van der Waals surface area contributed by atoms with Crippen LogP contribution in [0.5, 0.6) is 0 Å². The van der Waals surface area contributed by atoms with Gasteiger partial charge in [-0.15, -0.1) is 0 Å². The van der Waals surface area contributed by atoms with Gasteiger partial charge in [-0.3, -0.25) is 9.97 Å². The summed E-state index contributed by atoms with van der Waals surface area (Å²) in [5.74, 6) is 0.174. The van der Waals surface area contributed by atoms with Crippen LogP contribution in [0.2, 0.25) is 18.1 Å². The summed E-state index contributed by atoms with van der Waals surface area (Å²) >= 11 is 0. The van der Waals surface area contributed by atoms with E-state index in [-0.39, 0.29) is 17.1 Å². The first-order chi connectivity index (χ1) is 9.71. The molecule has 21 heavy (non-hydrogen) atoms. The Bertz CT molecular complexity index is 461. The van der Waals surface area contributed by atoms with Gasteiger partial charge in [0.15, 0.2) is 8.32 Å². The molecular formula is C16H27FN2OSi. The van der Waals surface area contributed by atoms with Crippen LogP contribution in [0.15, 0.2) is 18.6 Å². The maximum absolute atomic E-state index is 14.6. The van der Waals surface area contributed by atoms with Crippen molar-refractivity contribution in [1.29, 1.82) is 0 Å². The number of hydrogen-bond donors (Lipinski definition) is 0. The van der Waals surface area contributed by atoms with E-state index in [2.05, 4.69) is 43.8 Å². The van der Waals surface area contributed by atoms with E-state index >= 15 is 0 Å². The zero-order valence-corrected chi connectivity index (χ0v) is 14.8. The van der Waals surface area contributed by atoms with E-state index in [4.69, 9.17) is 4.43 Å². The first-order valence-electron chi connectivity index (χ1n) is 7.78. The Labute approximate surface area is 128 Å². The third kappa shape index (κ3) is 3.89. The number of alkyl halides is 1. The summed E-state index contributed by atoms with van der Waals surface area (Å²) < 4.78 is 20.8. The minimum absolute atomic E-state index is 0.120. The predicted molar refractivity (Wildman–Crippen MR) is 85.6 cm³/mol. The van der Waals surface area contributed by atoms with Crippen molar-refractivity contribution in [3.05, 3.63) is 24.3 Å². The lowest BCUT2D eigenvalue weighted by Gasteiger charge is -2.42. The van der Waals surface area contributed by atoms with Crippen molar-refractivity contribution in [1.82, 2.24) is 9.97 Å². The highest BCUT2D eigenvalue weighted by molar-refractivity contribution is 6.74. The second-order valence-electron chi connectivity index (χ2n) is 7.57. The smallest absolute Gasteiger partial charge is 0.192 e. The first kappa shape index (κ1) is 16.6. The number of rotatable bonds is 3. The van der Waals surface area contributed by atoms with E-state index in [1.165, 1.54) is 0 Å². The van der Waals surface area contributed by atoms with E-state index in [9.17, 15) is 4.39 Å². The van der Waals surface area contributed by atoms with E-state index < -0.39 is 14.5 Å². The number of halogens is 1. The van der Waals surface area contributed by atoms with Crippen LogP contribution >= 0.6 is 0 Å². The van der Waals surface area contributed by atoms with Gasteiger partial charge in [0.05, 0.1) is 11.8 Å². The Kier molecular flexibility index (Phi) is 4.83. The van der Waals surface area contributed by atoms with Crippen LogP contribution in [0, 0.1) is 0 Å². The molecule has 0 amide bonds. The van der Waals surface area contributed by atoms with Crippen molar-refractivity contribution >= 4 is 8.32 Å². The van der Waals surface area contributed by atoms with Crippen LogP contribution < -0.4 is 0 Å². The molecule has 1 aliphatic carbocycles. The van der Waals surface area contributed by atoms with Gasteiger partial charge in [-0.25, -0.2) is 4.39 Å². The Morgan fingerprint density at radius 3 is 2.48 bits per heavy atom. The van der Waals surface area contributed by atoms with Crippen molar-refractivity contribution in [2.24, 2.45) is 0 Å². The monoisotopic (exact) mass is 310 g/mol. The molecule has 1 fully saturated rings. The van der Waals surface area contributed by atoms with Gasteiger partial charge >= 0.3 is 0 Å². The summed E-state index contributed by atoms with van der Waals surface area (Å²) in [6.45, 7) is 11.0. The second-order valence-corrected chi connectivity index (χ2v) is 12.3. The molecule has 1 aromatic rings. The van der Waals surface area contributed by atoms with Gasteiger partial charge in [-0.2, -0.15) is 0 Å². The minimum atomic E-state index is -1.90. The molecule has 0 unspecified atom stereocenters. The zero-order valence-electron chi connectivity index (χ0n) is 13.8. The topological polar surface area (TPSA) is 35.0 Å². The largest absolute Gasteiger partial charge is 0.411 e. The molecule has 0 bridgehead atoms. The molecule has 3 atom stereocenters. The fourth-order valence-corrected chi connectivity index (χ4v) is 3.94. The highest BCUT2D eigenvalue weighted by atomic mass is 28.4. The Morgan fingerprint density at radius 1 is 1.24 bits per heavy atom. The minimum Gasteiger partial charge on any atom is -0.411 e. The van der Waals surface area contributed by atoms with Crippen LogP contribution in [-0.2, 0) is 4.43 Å². The second kappa shape index (κ2) is 6.13. The molecule has 1 aliphatic rings. The molecule has 1 heterocycles. The van der Waals surface area contributed by atoms with Gasteiger partial charge in [0.25, 0.3) is 0 Å². The van der Waals surface area contributed by atoms with Gasteiger partial charge in [-0.05, 0) is 37.4 Å². The van der Waals surface area contributed by atoms with E-state index in [1.807, 2.05) is 0 Å². The normalized spacial score (nSPS) is 27.6. The van der Waals surface area contributed by atoms with Crippen LogP contribution in [0.25, 0.3) is 0 Å². The molecule has 0 N–H and O–H groups in total. The highest BCUT2D eigenvalue weighted by Crippen LogP contribution is 2.41. The van der Waals surface area contributed by atoms with Crippen LogP contribution in [-0.4, -0.2) is 30.6 Å². The van der Waals surface area contributed by atoms with E-state index in [0.29, 0.717) is 6.42 Å². The summed E-state index contributed by atoms with van der Waals surface area (Å²) in [6, 6.07) is 0. The van der Waals surface area contributed by atoms with Crippen LogP contribution in [0.4, 0.5) is 4.39 Å². The van der Waals surface area contributed by atoms with Gasteiger partial charge in [0.1, 0.15) is 6.17 Å². The first-order valence-corrected chi connectivity index (χ1v) is 10.7. The molecule has 0 spiro atoms. The van der Waals surface area contributed by atoms with E-state index in [0.717, 1.165) is 18.5 Å². The summed E-state index contributed by atoms with van der Waals surface area (Å²) in [7, 11) is -1.90. The predicted octanol–water partition coefficient (Wildman–Crippen LogP) is 4.47. The third-order valence-electron chi connectivity index (χ3n) is 4.97. The maximum atomic E-state index is 14.6. The average molecular weight is 310 g/mol.